The third-order valence-electron chi connectivity index (χ3n) is 3.52. The molecule has 0 bridgehead atoms. The Hall–Kier alpha value is -1.95. The van der Waals surface area contributed by atoms with Crippen molar-refractivity contribution in [3.8, 4) is 0 Å². The first-order valence-corrected chi connectivity index (χ1v) is 8.20. The fraction of sp³-hybridized carbons (Fsp3) is 0.118. The summed E-state index contributed by atoms with van der Waals surface area (Å²) in [5.74, 6) is -1.34. The Morgan fingerprint density at radius 1 is 1.26 bits per heavy atom. The summed E-state index contributed by atoms with van der Waals surface area (Å²) in [6.07, 6.45) is -0.874. The highest BCUT2D eigenvalue weighted by Crippen LogP contribution is 2.30. The number of aliphatic hydroxyl groups is 1. The van der Waals surface area contributed by atoms with Crippen molar-refractivity contribution in [1.29, 1.82) is 0 Å². The third-order valence-corrected chi connectivity index (χ3v) is 4.81. The van der Waals surface area contributed by atoms with Gasteiger partial charge in [0, 0.05) is 16.8 Å². The van der Waals surface area contributed by atoms with Gasteiger partial charge in [-0.1, -0.05) is 35.9 Å². The van der Waals surface area contributed by atoms with Crippen molar-refractivity contribution in [2.45, 2.75) is 6.10 Å². The van der Waals surface area contributed by atoms with Gasteiger partial charge < -0.3 is 10.4 Å². The molecule has 23 heavy (non-hydrogen) atoms. The van der Waals surface area contributed by atoms with Gasteiger partial charge in [-0.15, -0.1) is 11.3 Å². The van der Waals surface area contributed by atoms with Crippen LogP contribution in [0.4, 0.5) is 4.39 Å². The van der Waals surface area contributed by atoms with E-state index in [1.54, 1.807) is 0 Å². The van der Waals surface area contributed by atoms with E-state index >= 15 is 0 Å². The molecule has 0 aliphatic heterocycles. The molecular formula is C17H13ClFNO2S. The van der Waals surface area contributed by atoms with Gasteiger partial charge in [-0.3, -0.25) is 4.79 Å². The fourth-order valence-electron chi connectivity index (χ4n) is 2.36. The van der Waals surface area contributed by atoms with Crippen LogP contribution in [-0.2, 0) is 0 Å². The predicted octanol–water partition coefficient (Wildman–Crippen LogP) is 4.16. The normalized spacial score (nSPS) is 12.3. The molecule has 0 aliphatic carbocycles. The van der Waals surface area contributed by atoms with E-state index in [1.165, 1.54) is 29.5 Å². The predicted molar refractivity (Wildman–Crippen MR) is 90.5 cm³/mol. The second-order valence-electron chi connectivity index (χ2n) is 5.01. The molecule has 2 N–H and O–H groups in total. The summed E-state index contributed by atoms with van der Waals surface area (Å²) in [7, 11) is 0. The van der Waals surface area contributed by atoms with Crippen molar-refractivity contribution in [3.63, 3.8) is 0 Å². The number of aliphatic hydroxyl groups excluding tert-OH is 1. The molecule has 0 spiro atoms. The summed E-state index contributed by atoms with van der Waals surface area (Å²) in [6.45, 7) is -0.0236. The number of thiophene rings is 1. The van der Waals surface area contributed by atoms with Crippen molar-refractivity contribution in [2.75, 3.05) is 6.54 Å². The number of benzene rings is 2. The quantitative estimate of drug-likeness (QED) is 0.743. The van der Waals surface area contributed by atoms with Crippen molar-refractivity contribution in [3.05, 3.63) is 69.8 Å². The Bertz CT molecular complexity index is 844. The Balaban J connectivity index is 1.74. The van der Waals surface area contributed by atoms with Gasteiger partial charge in [0.2, 0.25) is 0 Å². The van der Waals surface area contributed by atoms with Crippen LogP contribution < -0.4 is 5.32 Å². The smallest absolute Gasteiger partial charge is 0.255 e. The minimum Gasteiger partial charge on any atom is -0.387 e. The highest BCUT2D eigenvalue weighted by Gasteiger charge is 2.18. The maximum absolute atomic E-state index is 13.7. The number of hydrogen-bond acceptors (Lipinski definition) is 3. The van der Waals surface area contributed by atoms with Crippen LogP contribution in [0.1, 0.15) is 22.0 Å². The first kappa shape index (κ1) is 15.9. The standard InChI is InChI=1S/C17H13ClFNO2S/c18-12-5-3-6-13(19)16(12)17(22)20-8-14(21)11-9-23-15-7-2-1-4-10(11)15/h1-7,9,14,21H,8H2,(H,20,22). The number of hydrogen-bond donors (Lipinski definition) is 2. The lowest BCUT2D eigenvalue weighted by Gasteiger charge is -2.12. The molecule has 118 valence electrons. The first-order chi connectivity index (χ1) is 11.1. The number of fused-ring (bicyclic) bond motifs is 1. The molecule has 3 rings (SSSR count). The number of rotatable bonds is 4. The minimum absolute atomic E-state index is 0.0236. The molecule has 1 aromatic heterocycles. The van der Waals surface area contributed by atoms with E-state index in [0.29, 0.717) is 0 Å². The number of carbonyl (C=O) groups excluding carboxylic acids is 1. The van der Waals surface area contributed by atoms with Gasteiger partial charge in [0.05, 0.1) is 16.7 Å². The van der Waals surface area contributed by atoms with Crippen LogP contribution in [-0.4, -0.2) is 17.6 Å². The second-order valence-corrected chi connectivity index (χ2v) is 6.33. The van der Waals surface area contributed by atoms with Gasteiger partial charge in [-0.05, 0) is 29.0 Å². The van der Waals surface area contributed by atoms with Gasteiger partial charge in [0.1, 0.15) is 5.82 Å². The number of halogens is 2. The zero-order valence-electron chi connectivity index (χ0n) is 11.9. The number of nitrogens with one attached hydrogen (secondary N) is 1. The van der Waals surface area contributed by atoms with Crippen LogP contribution >= 0.6 is 22.9 Å². The molecule has 1 amide bonds. The summed E-state index contributed by atoms with van der Waals surface area (Å²) in [5, 5.41) is 15.7. The topological polar surface area (TPSA) is 49.3 Å². The lowest BCUT2D eigenvalue weighted by atomic mass is 10.1. The summed E-state index contributed by atoms with van der Waals surface area (Å²) < 4.78 is 14.8. The fourth-order valence-corrected chi connectivity index (χ4v) is 3.62. The molecule has 6 heteroatoms. The van der Waals surface area contributed by atoms with E-state index in [2.05, 4.69) is 5.32 Å². The highest BCUT2D eigenvalue weighted by molar-refractivity contribution is 7.17. The van der Waals surface area contributed by atoms with E-state index in [4.69, 9.17) is 11.6 Å². The van der Waals surface area contributed by atoms with Gasteiger partial charge in [-0.25, -0.2) is 4.39 Å². The van der Waals surface area contributed by atoms with Gasteiger partial charge in [0.15, 0.2) is 0 Å². The van der Waals surface area contributed by atoms with Gasteiger partial charge in [-0.2, -0.15) is 0 Å². The van der Waals surface area contributed by atoms with E-state index in [1.807, 2.05) is 29.6 Å². The average molecular weight is 350 g/mol. The molecule has 0 aliphatic rings. The highest BCUT2D eigenvalue weighted by atomic mass is 35.5. The molecule has 1 atom stereocenters. The first-order valence-electron chi connectivity index (χ1n) is 6.94. The minimum atomic E-state index is -0.874. The molecule has 3 aromatic rings. The Morgan fingerprint density at radius 3 is 2.83 bits per heavy atom. The molecule has 1 heterocycles. The second kappa shape index (κ2) is 6.66. The maximum Gasteiger partial charge on any atom is 0.255 e. The SMILES string of the molecule is O=C(NCC(O)c1csc2ccccc12)c1c(F)cccc1Cl. The summed E-state index contributed by atoms with van der Waals surface area (Å²) >= 11 is 7.38. The average Bonchev–Trinajstić information content (AvgIpc) is 2.96. The maximum atomic E-state index is 13.7. The molecule has 0 radical (unpaired) electrons. The van der Waals surface area contributed by atoms with Crippen molar-refractivity contribution >= 4 is 38.9 Å². The molecule has 2 aromatic carbocycles. The molecule has 0 fully saturated rings. The summed E-state index contributed by atoms with van der Waals surface area (Å²) in [5.41, 5.74) is 0.530. The lowest BCUT2D eigenvalue weighted by Crippen LogP contribution is -2.29. The van der Waals surface area contributed by atoms with E-state index in [0.717, 1.165) is 15.6 Å². The largest absolute Gasteiger partial charge is 0.387 e. The zero-order valence-corrected chi connectivity index (χ0v) is 13.5. The molecular weight excluding hydrogens is 337 g/mol. The van der Waals surface area contributed by atoms with Crippen LogP contribution in [0.5, 0.6) is 0 Å². The molecule has 3 nitrogen and oxygen atoms in total. The van der Waals surface area contributed by atoms with E-state index in [-0.39, 0.29) is 17.1 Å². The monoisotopic (exact) mass is 349 g/mol. The summed E-state index contributed by atoms with van der Waals surface area (Å²) in [4.78, 5) is 12.1. The molecule has 0 saturated heterocycles. The Kier molecular flexibility index (Phi) is 4.61. The Labute approximate surface area is 141 Å². The van der Waals surface area contributed by atoms with Crippen molar-refractivity contribution in [2.24, 2.45) is 0 Å². The van der Waals surface area contributed by atoms with Crippen LogP contribution in [0.15, 0.2) is 47.8 Å². The van der Waals surface area contributed by atoms with Crippen molar-refractivity contribution in [1.82, 2.24) is 5.32 Å². The molecule has 0 saturated carbocycles. The number of amides is 1. The third kappa shape index (κ3) is 3.22. The van der Waals surface area contributed by atoms with Crippen LogP contribution in [0, 0.1) is 5.82 Å². The van der Waals surface area contributed by atoms with Crippen LogP contribution in [0.2, 0.25) is 5.02 Å². The van der Waals surface area contributed by atoms with E-state index < -0.39 is 17.8 Å². The van der Waals surface area contributed by atoms with Crippen molar-refractivity contribution < 1.29 is 14.3 Å². The lowest BCUT2D eigenvalue weighted by molar-refractivity contribution is 0.0913. The van der Waals surface area contributed by atoms with Gasteiger partial charge >= 0.3 is 0 Å². The van der Waals surface area contributed by atoms with Gasteiger partial charge in [0.25, 0.3) is 5.91 Å². The zero-order chi connectivity index (χ0) is 16.4. The number of carbonyl (C=O) groups is 1. The van der Waals surface area contributed by atoms with Crippen LogP contribution in [0.25, 0.3) is 10.1 Å². The molecule has 1 unspecified atom stereocenters. The Morgan fingerprint density at radius 2 is 2.04 bits per heavy atom. The van der Waals surface area contributed by atoms with Crippen LogP contribution in [0.3, 0.4) is 0 Å². The van der Waals surface area contributed by atoms with E-state index in [9.17, 15) is 14.3 Å². The summed E-state index contributed by atoms with van der Waals surface area (Å²) in [6, 6.07) is 11.8.